The predicted molar refractivity (Wildman–Crippen MR) is 120 cm³/mol. The van der Waals surface area contributed by atoms with Gasteiger partial charge in [0.15, 0.2) is 0 Å². The Bertz CT molecular complexity index is 1040. The standard InChI is InChI=1S/C25H28FN3O3/c1-15-7-12-19(13-16(15)2)27-23(30)14-22-24(31)28-20-5-3-4-6-21(20)29(22)25(32)17-8-10-18(26)11-9-17/h7-13,20-22H,3-6,14H2,1-2H3,(H,27,30)(H,28,31)/t20-,21-,22+/m0/s1. The van der Waals surface area contributed by atoms with Crippen molar-refractivity contribution in [2.75, 3.05) is 5.32 Å². The van der Waals surface area contributed by atoms with E-state index in [1.54, 1.807) is 4.90 Å². The van der Waals surface area contributed by atoms with E-state index in [9.17, 15) is 18.8 Å². The lowest BCUT2D eigenvalue weighted by Crippen LogP contribution is -2.68. The fourth-order valence-corrected chi connectivity index (χ4v) is 4.68. The molecule has 2 aliphatic rings. The number of carbonyl (C=O) groups is 3. The normalized spacial score (nSPS) is 22.7. The van der Waals surface area contributed by atoms with Crippen molar-refractivity contribution in [3.05, 3.63) is 65.0 Å². The van der Waals surface area contributed by atoms with Gasteiger partial charge in [-0.1, -0.05) is 18.9 Å². The Hall–Kier alpha value is -3.22. The summed E-state index contributed by atoms with van der Waals surface area (Å²) in [5.41, 5.74) is 3.14. The molecule has 1 heterocycles. The van der Waals surface area contributed by atoms with E-state index in [0.29, 0.717) is 11.3 Å². The van der Waals surface area contributed by atoms with Gasteiger partial charge in [0.1, 0.15) is 11.9 Å². The van der Waals surface area contributed by atoms with E-state index in [1.165, 1.54) is 24.3 Å². The van der Waals surface area contributed by atoms with Crippen LogP contribution >= 0.6 is 0 Å². The van der Waals surface area contributed by atoms with E-state index >= 15 is 0 Å². The molecule has 168 valence electrons. The van der Waals surface area contributed by atoms with Crippen molar-refractivity contribution in [1.82, 2.24) is 10.2 Å². The molecule has 3 amide bonds. The summed E-state index contributed by atoms with van der Waals surface area (Å²) in [6, 6.07) is 9.72. The summed E-state index contributed by atoms with van der Waals surface area (Å²) in [5, 5.41) is 5.88. The molecule has 2 aromatic carbocycles. The minimum Gasteiger partial charge on any atom is -0.349 e. The quantitative estimate of drug-likeness (QED) is 0.765. The van der Waals surface area contributed by atoms with Crippen molar-refractivity contribution in [3.63, 3.8) is 0 Å². The molecule has 0 aromatic heterocycles. The number of halogens is 1. The maximum atomic E-state index is 13.4. The molecule has 4 rings (SSSR count). The second-order valence-corrected chi connectivity index (χ2v) is 8.75. The highest BCUT2D eigenvalue weighted by Gasteiger charge is 2.46. The molecule has 1 saturated carbocycles. The third kappa shape index (κ3) is 4.52. The first-order valence-corrected chi connectivity index (χ1v) is 11.1. The van der Waals surface area contributed by atoms with Crippen molar-refractivity contribution >= 4 is 23.4 Å². The number of fused-ring (bicyclic) bond motifs is 1. The minimum absolute atomic E-state index is 0.125. The van der Waals surface area contributed by atoms with E-state index < -0.39 is 11.9 Å². The van der Waals surface area contributed by atoms with Crippen LogP contribution in [0.2, 0.25) is 0 Å². The van der Waals surface area contributed by atoms with Crippen LogP contribution in [0.15, 0.2) is 42.5 Å². The lowest BCUT2D eigenvalue weighted by Gasteiger charge is -2.48. The predicted octanol–water partition coefficient (Wildman–Crippen LogP) is 3.72. The van der Waals surface area contributed by atoms with Crippen molar-refractivity contribution in [2.45, 2.75) is 64.1 Å². The smallest absolute Gasteiger partial charge is 0.254 e. The van der Waals surface area contributed by atoms with E-state index in [4.69, 9.17) is 0 Å². The number of anilines is 1. The van der Waals surface area contributed by atoms with Gasteiger partial charge in [-0.05, 0) is 74.2 Å². The molecular formula is C25H28FN3O3. The summed E-state index contributed by atoms with van der Waals surface area (Å²) in [6.07, 6.45) is 3.34. The lowest BCUT2D eigenvalue weighted by molar-refractivity contribution is -0.135. The Morgan fingerprint density at radius 3 is 2.50 bits per heavy atom. The van der Waals surface area contributed by atoms with Crippen LogP contribution in [-0.2, 0) is 9.59 Å². The molecule has 2 N–H and O–H groups in total. The molecule has 7 heteroatoms. The SMILES string of the molecule is Cc1ccc(NC(=O)C[C@@H]2C(=O)N[C@H]3CCCC[C@@H]3N2C(=O)c2ccc(F)cc2)cc1C. The molecule has 3 atom stereocenters. The maximum Gasteiger partial charge on any atom is 0.254 e. The molecule has 2 aromatic rings. The second kappa shape index (κ2) is 9.10. The largest absolute Gasteiger partial charge is 0.349 e. The minimum atomic E-state index is -0.918. The third-order valence-corrected chi connectivity index (χ3v) is 6.55. The number of carbonyl (C=O) groups excluding carboxylic acids is 3. The van der Waals surface area contributed by atoms with Gasteiger partial charge >= 0.3 is 0 Å². The Morgan fingerprint density at radius 2 is 1.78 bits per heavy atom. The van der Waals surface area contributed by atoms with E-state index in [1.807, 2.05) is 32.0 Å². The van der Waals surface area contributed by atoms with Crippen LogP contribution in [0, 0.1) is 19.7 Å². The average Bonchev–Trinajstić information content (AvgIpc) is 2.77. The van der Waals surface area contributed by atoms with Crippen molar-refractivity contribution < 1.29 is 18.8 Å². The summed E-state index contributed by atoms with van der Waals surface area (Å²) < 4.78 is 13.4. The van der Waals surface area contributed by atoms with Gasteiger partial charge in [0, 0.05) is 17.3 Å². The Labute approximate surface area is 187 Å². The topological polar surface area (TPSA) is 78.5 Å². The first-order valence-electron chi connectivity index (χ1n) is 11.1. The van der Waals surface area contributed by atoms with Crippen LogP contribution in [-0.4, -0.2) is 40.7 Å². The molecule has 2 fully saturated rings. The zero-order valence-corrected chi connectivity index (χ0v) is 18.4. The number of piperazine rings is 1. The zero-order chi connectivity index (χ0) is 22.8. The first kappa shape index (κ1) is 22.0. The van der Waals surface area contributed by atoms with Crippen molar-refractivity contribution in [2.24, 2.45) is 0 Å². The Balaban J connectivity index is 1.58. The number of aryl methyl sites for hydroxylation is 2. The molecule has 0 unspecified atom stereocenters. The molecule has 0 radical (unpaired) electrons. The lowest BCUT2D eigenvalue weighted by atomic mass is 9.84. The van der Waals surface area contributed by atoms with Gasteiger partial charge in [0.2, 0.25) is 11.8 Å². The fraction of sp³-hybridized carbons (Fsp3) is 0.400. The summed E-state index contributed by atoms with van der Waals surface area (Å²) in [4.78, 5) is 40.8. The molecule has 0 spiro atoms. The summed E-state index contributed by atoms with van der Waals surface area (Å²) in [7, 11) is 0. The van der Waals surface area contributed by atoms with Crippen LogP contribution < -0.4 is 10.6 Å². The van der Waals surface area contributed by atoms with Crippen LogP contribution in [0.5, 0.6) is 0 Å². The van der Waals surface area contributed by atoms with Gasteiger partial charge in [0.25, 0.3) is 5.91 Å². The van der Waals surface area contributed by atoms with Gasteiger partial charge in [-0.15, -0.1) is 0 Å². The Morgan fingerprint density at radius 1 is 1.06 bits per heavy atom. The molecule has 6 nitrogen and oxygen atoms in total. The first-order chi connectivity index (χ1) is 15.3. The van der Waals surface area contributed by atoms with E-state index in [-0.39, 0.29) is 36.2 Å². The van der Waals surface area contributed by atoms with Crippen LogP contribution in [0.4, 0.5) is 10.1 Å². The van der Waals surface area contributed by atoms with Crippen LogP contribution in [0.1, 0.15) is 53.6 Å². The van der Waals surface area contributed by atoms with Gasteiger partial charge in [-0.2, -0.15) is 0 Å². The number of hydrogen-bond donors (Lipinski definition) is 2. The summed E-state index contributed by atoms with van der Waals surface area (Å²) in [5.74, 6) is -1.43. The number of nitrogens with zero attached hydrogens (tertiary/aromatic N) is 1. The number of nitrogens with one attached hydrogen (secondary N) is 2. The number of rotatable bonds is 4. The average molecular weight is 438 g/mol. The van der Waals surface area contributed by atoms with Gasteiger partial charge in [-0.3, -0.25) is 14.4 Å². The van der Waals surface area contributed by atoms with Gasteiger partial charge in [0.05, 0.1) is 12.5 Å². The highest BCUT2D eigenvalue weighted by atomic mass is 19.1. The number of benzene rings is 2. The molecular weight excluding hydrogens is 409 g/mol. The van der Waals surface area contributed by atoms with Crippen molar-refractivity contribution in [3.8, 4) is 0 Å². The van der Waals surface area contributed by atoms with Gasteiger partial charge in [-0.25, -0.2) is 4.39 Å². The number of amides is 3. The van der Waals surface area contributed by atoms with Crippen LogP contribution in [0.25, 0.3) is 0 Å². The third-order valence-electron chi connectivity index (χ3n) is 6.55. The fourth-order valence-electron chi connectivity index (χ4n) is 4.68. The van der Waals surface area contributed by atoms with Gasteiger partial charge < -0.3 is 15.5 Å². The number of hydrogen-bond acceptors (Lipinski definition) is 3. The van der Waals surface area contributed by atoms with E-state index in [2.05, 4.69) is 10.6 Å². The monoisotopic (exact) mass is 437 g/mol. The molecule has 1 aliphatic carbocycles. The highest BCUT2D eigenvalue weighted by Crippen LogP contribution is 2.31. The summed E-state index contributed by atoms with van der Waals surface area (Å²) in [6.45, 7) is 3.96. The highest BCUT2D eigenvalue weighted by molar-refractivity contribution is 6.01. The molecule has 32 heavy (non-hydrogen) atoms. The molecule has 1 saturated heterocycles. The molecule has 1 aliphatic heterocycles. The van der Waals surface area contributed by atoms with Crippen molar-refractivity contribution in [1.29, 1.82) is 0 Å². The molecule has 0 bridgehead atoms. The second-order valence-electron chi connectivity index (χ2n) is 8.75. The maximum absolute atomic E-state index is 13.4. The van der Waals surface area contributed by atoms with E-state index in [0.717, 1.165) is 36.8 Å². The Kier molecular flexibility index (Phi) is 6.26. The summed E-state index contributed by atoms with van der Waals surface area (Å²) >= 11 is 0. The zero-order valence-electron chi connectivity index (χ0n) is 18.4. The van der Waals surface area contributed by atoms with Crippen LogP contribution in [0.3, 0.4) is 0 Å².